The summed E-state index contributed by atoms with van der Waals surface area (Å²) in [6.45, 7) is 6.24. The molecule has 0 bridgehead atoms. The number of carbonyl (C=O) groups excluding carboxylic acids is 1. The number of oxazole rings is 1. The maximum atomic E-state index is 13.9. The van der Waals surface area contributed by atoms with E-state index in [0.29, 0.717) is 30.2 Å². The van der Waals surface area contributed by atoms with Gasteiger partial charge < -0.3 is 9.32 Å². The van der Waals surface area contributed by atoms with E-state index in [4.69, 9.17) is 4.42 Å². The van der Waals surface area contributed by atoms with Gasteiger partial charge in [0.1, 0.15) is 11.6 Å². The lowest BCUT2D eigenvalue weighted by atomic mass is 9.80. The zero-order valence-electron chi connectivity index (χ0n) is 17.2. The first-order valence-electron chi connectivity index (χ1n) is 10.7. The highest BCUT2D eigenvalue weighted by Gasteiger charge is 2.37. The number of piperidine rings is 2. The number of nitrogens with zero attached hydrogens (tertiary/aromatic N) is 3. The molecule has 3 heterocycles. The van der Waals surface area contributed by atoms with Crippen LogP contribution in [0.3, 0.4) is 0 Å². The van der Waals surface area contributed by atoms with Crippen LogP contribution in [-0.4, -0.2) is 53.4 Å². The number of aromatic nitrogens is 1. The lowest BCUT2D eigenvalue weighted by molar-refractivity contribution is -0.134. The van der Waals surface area contributed by atoms with Crippen molar-refractivity contribution >= 4 is 5.91 Å². The maximum Gasteiger partial charge on any atom is 0.236 e. The van der Waals surface area contributed by atoms with E-state index in [1.165, 1.54) is 25.3 Å². The highest BCUT2D eigenvalue weighted by Crippen LogP contribution is 2.35. The standard InChI is InChI=1S/C23H30FN3O2/c1-23(22-25-16-19(29-22)15-18-7-3-4-8-20(18)24)9-13-27(14-10-23)21(28)17-26-11-5-2-6-12-26/h3-4,7-8,16H,2,5-6,9-15,17H2,1H3. The number of benzene rings is 1. The zero-order valence-corrected chi connectivity index (χ0v) is 17.2. The van der Waals surface area contributed by atoms with Crippen molar-refractivity contribution in [3.63, 3.8) is 0 Å². The number of hydrogen-bond donors (Lipinski definition) is 0. The van der Waals surface area contributed by atoms with E-state index >= 15 is 0 Å². The Balaban J connectivity index is 1.34. The van der Waals surface area contributed by atoms with Crippen molar-refractivity contribution in [3.05, 3.63) is 53.5 Å². The summed E-state index contributed by atoms with van der Waals surface area (Å²) >= 11 is 0. The molecule has 0 saturated carbocycles. The first kappa shape index (κ1) is 20.1. The van der Waals surface area contributed by atoms with E-state index in [9.17, 15) is 9.18 Å². The van der Waals surface area contributed by atoms with Gasteiger partial charge in [0, 0.05) is 24.9 Å². The van der Waals surface area contributed by atoms with Crippen LogP contribution >= 0.6 is 0 Å². The number of carbonyl (C=O) groups is 1. The minimum Gasteiger partial charge on any atom is -0.445 e. The summed E-state index contributed by atoms with van der Waals surface area (Å²) in [5, 5.41) is 0. The Bertz CT molecular complexity index is 836. The molecule has 0 N–H and O–H groups in total. The highest BCUT2D eigenvalue weighted by molar-refractivity contribution is 5.78. The SMILES string of the molecule is CC1(c2ncc(Cc3ccccc3F)o2)CCN(C(=O)CN2CCCCC2)CC1. The third-order valence-electron chi connectivity index (χ3n) is 6.42. The van der Waals surface area contributed by atoms with E-state index in [-0.39, 0.29) is 17.1 Å². The Kier molecular flexibility index (Phi) is 5.99. The van der Waals surface area contributed by atoms with Crippen LogP contribution < -0.4 is 0 Å². The van der Waals surface area contributed by atoms with Gasteiger partial charge in [0.2, 0.25) is 5.91 Å². The summed E-state index contributed by atoms with van der Waals surface area (Å²) in [5.74, 6) is 1.39. The molecule has 2 saturated heterocycles. The predicted octanol–water partition coefficient (Wildman–Crippen LogP) is 3.77. The number of amides is 1. The Labute approximate surface area is 171 Å². The number of halogens is 1. The molecule has 0 aliphatic carbocycles. The van der Waals surface area contributed by atoms with Gasteiger partial charge in [0.15, 0.2) is 5.89 Å². The third-order valence-corrected chi connectivity index (χ3v) is 6.42. The maximum absolute atomic E-state index is 13.9. The van der Waals surface area contributed by atoms with E-state index in [1.807, 2.05) is 11.0 Å². The zero-order chi connectivity index (χ0) is 20.3. The van der Waals surface area contributed by atoms with Gasteiger partial charge in [0.25, 0.3) is 0 Å². The van der Waals surface area contributed by atoms with Crippen molar-refractivity contribution in [1.82, 2.24) is 14.8 Å². The van der Waals surface area contributed by atoms with E-state index < -0.39 is 0 Å². The molecule has 0 unspecified atom stereocenters. The first-order valence-corrected chi connectivity index (χ1v) is 10.7. The molecule has 1 aromatic heterocycles. The first-order chi connectivity index (χ1) is 14.0. The molecular weight excluding hydrogens is 369 g/mol. The second kappa shape index (κ2) is 8.66. The smallest absolute Gasteiger partial charge is 0.236 e. The van der Waals surface area contributed by atoms with Crippen LogP contribution in [-0.2, 0) is 16.6 Å². The average Bonchev–Trinajstić information content (AvgIpc) is 3.20. The molecule has 0 atom stereocenters. The van der Waals surface area contributed by atoms with Gasteiger partial charge in [-0.3, -0.25) is 9.69 Å². The predicted molar refractivity (Wildman–Crippen MR) is 109 cm³/mol. The van der Waals surface area contributed by atoms with Crippen molar-refractivity contribution in [2.24, 2.45) is 0 Å². The van der Waals surface area contributed by atoms with E-state index in [0.717, 1.165) is 39.0 Å². The summed E-state index contributed by atoms with van der Waals surface area (Å²) in [5.41, 5.74) is 0.425. The molecule has 0 spiro atoms. The molecule has 0 radical (unpaired) electrons. The second-order valence-corrected chi connectivity index (χ2v) is 8.68. The largest absolute Gasteiger partial charge is 0.445 e. The van der Waals surface area contributed by atoms with Crippen LogP contribution in [0.15, 0.2) is 34.9 Å². The molecule has 2 aliphatic rings. The van der Waals surface area contributed by atoms with E-state index in [2.05, 4.69) is 16.8 Å². The molecule has 4 rings (SSSR count). The fourth-order valence-corrected chi connectivity index (χ4v) is 4.37. The lowest BCUT2D eigenvalue weighted by Gasteiger charge is -2.38. The fraction of sp³-hybridized carbons (Fsp3) is 0.565. The van der Waals surface area contributed by atoms with Gasteiger partial charge >= 0.3 is 0 Å². The quantitative estimate of drug-likeness (QED) is 0.768. The highest BCUT2D eigenvalue weighted by atomic mass is 19.1. The molecular formula is C23H30FN3O2. The van der Waals surface area contributed by atoms with Crippen LogP contribution in [0.1, 0.15) is 56.2 Å². The summed E-state index contributed by atoms with van der Waals surface area (Å²) in [4.78, 5) is 21.4. The van der Waals surface area contributed by atoms with Crippen LogP contribution in [0.2, 0.25) is 0 Å². The monoisotopic (exact) mass is 399 g/mol. The molecule has 2 aliphatic heterocycles. The molecule has 29 heavy (non-hydrogen) atoms. The van der Waals surface area contributed by atoms with Crippen LogP contribution in [0.4, 0.5) is 4.39 Å². The molecule has 5 nitrogen and oxygen atoms in total. The summed E-state index contributed by atoms with van der Waals surface area (Å²) in [6, 6.07) is 6.75. The molecule has 2 aromatic rings. The molecule has 6 heteroatoms. The van der Waals surface area contributed by atoms with Crippen molar-refractivity contribution in [3.8, 4) is 0 Å². The van der Waals surface area contributed by atoms with E-state index in [1.54, 1.807) is 18.3 Å². The molecule has 1 amide bonds. The van der Waals surface area contributed by atoms with Crippen LogP contribution in [0, 0.1) is 5.82 Å². The van der Waals surface area contributed by atoms with Crippen LogP contribution in [0.25, 0.3) is 0 Å². The lowest BCUT2D eigenvalue weighted by Crippen LogP contribution is -2.48. The van der Waals surface area contributed by atoms with Crippen molar-refractivity contribution < 1.29 is 13.6 Å². The average molecular weight is 400 g/mol. The minimum atomic E-state index is -0.225. The number of likely N-dealkylation sites (tertiary alicyclic amines) is 2. The van der Waals surface area contributed by atoms with Crippen molar-refractivity contribution in [2.45, 2.75) is 50.9 Å². The molecule has 1 aromatic carbocycles. The summed E-state index contributed by atoms with van der Waals surface area (Å²) in [6.07, 6.45) is 7.45. The topological polar surface area (TPSA) is 49.6 Å². The van der Waals surface area contributed by atoms with Crippen molar-refractivity contribution in [1.29, 1.82) is 0 Å². The summed E-state index contributed by atoms with van der Waals surface area (Å²) < 4.78 is 19.9. The Hall–Kier alpha value is -2.21. The minimum absolute atomic E-state index is 0.185. The van der Waals surface area contributed by atoms with Gasteiger partial charge in [-0.1, -0.05) is 31.5 Å². The second-order valence-electron chi connectivity index (χ2n) is 8.68. The third kappa shape index (κ3) is 4.69. The normalized spacial score (nSPS) is 20.0. The Morgan fingerprint density at radius 2 is 1.86 bits per heavy atom. The van der Waals surface area contributed by atoms with Crippen LogP contribution in [0.5, 0.6) is 0 Å². The fourth-order valence-electron chi connectivity index (χ4n) is 4.37. The Morgan fingerprint density at radius 1 is 1.14 bits per heavy atom. The van der Waals surface area contributed by atoms with Gasteiger partial charge in [0.05, 0.1) is 12.7 Å². The summed E-state index contributed by atoms with van der Waals surface area (Å²) in [7, 11) is 0. The van der Waals surface area contributed by atoms with Gasteiger partial charge in [-0.15, -0.1) is 0 Å². The number of hydrogen-bond acceptors (Lipinski definition) is 4. The Morgan fingerprint density at radius 3 is 2.59 bits per heavy atom. The molecule has 2 fully saturated rings. The van der Waals surface area contributed by atoms with Crippen molar-refractivity contribution in [2.75, 3.05) is 32.7 Å². The van der Waals surface area contributed by atoms with Gasteiger partial charge in [-0.2, -0.15) is 0 Å². The van der Waals surface area contributed by atoms with Gasteiger partial charge in [-0.05, 0) is 50.4 Å². The van der Waals surface area contributed by atoms with Gasteiger partial charge in [-0.25, -0.2) is 9.37 Å². The molecule has 156 valence electrons. The number of rotatable bonds is 5.